The van der Waals surface area contributed by atoms with Crippen LogP contribution in [0.5, 0.6) is 0 Å². The van der Waals surface area contributed by atoms with Crippen molar-refractivity contribution in [3.05, 3.63) is 35.4 Å². The molecule has 18 heavy (non-hydrogen) atoms. The predicted molar refractivity (Wildman–Crippen MR) is 62.3 cm³/mol. The number of aryl methyl sites for hydroxylation is 1. The number of hydrogen-bond donors (Lipinski definition) is 0. The number of hydrogen-bond acceptors (Lipinski definition) is 4. The molecule has 0 unspecified atom stereocenters. The molecule has 94 valence electrons. The Balaban J connectivity index is 2.12. The van der Waals surface area contributed by atoms with Crippen LogP contribution in [0.4, 0.5) is 0 Å². The first-order valence-electron chi connectivity index (χ1n) is 5.79. The number of nitrogens with zero attached hydrogens (tertiary/aromatic N) is 1. The lowest BCUT2D eigenvalue weighted by Crippen LogP contribution is -2.32. The van der Waals surface area contributed by atoms with Crippen molar-refractivity contribution in [2.75, 3.05) is 0 Å². The van der Waals surface area contributed by atoms with Crippen molar-refractivity contribution in [1.29, 1.82) is 0 Å². The molecule has 1 heterocycles. The molecule has 2 amide bonds. The lowest BCUT2D eigenvalue weighted by atomic mass is 10.1. The second kappa shape index (κ2) is 5.00. The smallest absolute Gasteiger partial charge is 0.325 e. The van der Waals surface area contributed by atoms with E-state index in [1.54, 1.807) is 18.2 Å². The maximum absolute atomic E-state index is 11.8. The summed E-state index contributed by atoms with van der Waals surface area (Å²) in [6, 6.07) is 6.91. The molecular weight excluding hydrogens is 234 g/mol. The van der Waals surface area contributed by atoms with Gasteiger partial charge in [0.25, 0.3) is 11.8 Å². The minimum atomic E-state index is -0.686. The summed E-state index contributed by atoms with van der Waals surface area (Å²) in [6.07, 6.45) is 0.991. The maximum Gasteiger partial charge on any atom is 0.363 e. The number of carbonyl (C=O) groups excluding carboxylic acids is 3. The van der Waals surface area contributed by atoms with Crippen molar-refractivity contribution in [2.24, 2.45) is 0 Å². The summed E-state index contributed by atoms with van der Waals surface area (Å²) in [5.74, 6) is -1.63. The molecule has 2 rings (SSSR count). The first-order valence-corrected chi connectivity index (χ1v) is 5.79. The van der Waals surface area contributed by atoms with Crippen LogP contribution in [0.25, 0.3) is 0 Å². The molecule has 0 radical (unpaired) electrons. The Morgan fingerprint density at radius 3 is 2.56 bits per heavy atom. The Labute approximate surface area is 104 Å². The fraction of sp³-hybridized carbons (Fsp3) is 0.308. The molecule has 1 aliphatic heterocycles. The van der Waals surface area contributed by atoms with E-state index in [1.807, 2.05) is 13.0 Å². The molecule has 1 fully saturated rings. The summed E-state index contributed by atoms with van der Waals surface area (Å²) < 4.78 is 0. The zero-order valence-corrected chi connectivity index (χ0v) is 10.0. The average molecular weight is 247 g/mol. The molecular formula is C13H13NO4. The highest BCUT2D eigenvalue weighted by atomic mass is 16.7. The van der Waals surface area contributed by atoms with Gasteiger partial charge in [-0.05, 0) is 24.1 Å². The minimum absolute atomic E-state index is 0.0983. The number of amides is 2. The van der Waals surface area contributed by atoms with E-state index in [2.05, 4.69) is 0 Å². The molecule has 1 aromatic carbocycles. The molecule has 0 bridgehead atoms. The van der Waals surface area contributed by atoms with Crippen LogP contribution < -0.4 is 0 Å². The zero-order chi connectivity index (χ0) is 13.1. The standard InChI is InChI=1S/C13H13NO4/c1-2-9-4-3-5-10(8-9)13(17)18-14-11(15)6-7-12(14)16/h3-5,8H,2,6-7H2,1H3. The number of carbonyl (C=O) groups is 3. The quantitative estimate of drug-likeness (QED) is 0.759. The summed E-state index contributed by atoms with van der Waals surface area (Å²) in [5.41, 5.74) is 1.32. The molecule has 0 aliphatic carbocycles. The van der Waals surface area contributed by atoms with Crippen LogP contribution in [0, 0.1) is 0 Å². The third-order valence-electron chi connectivity index (χ3n) is 2.75. The third-order valence-corrected chi connectivity index (χ3v) is 2.75. The first-order chi connectivity index (χ1) is 8.61. The Kier molecular flexibility index (Phi) is 3.41. The van der Waals surface area contributed by atoms with Gasteiger partial charge in [0.1, 0.15) is 0 Å². The summed E-state index contributed by atoms with van der Waals surface area (Å²) >= 11 is 0. The van der Waals surface area contributed by atoms with Gasteiger partial charge in [-0.15, -0.1) is 5.06 Å². The van der Waals surface area contributed by atoms with Crippen LogP contribution >= 0.6 is 0 Å². The van der Waals surface area contributed by atoms with Crippen LogP contribution in [0.2, 0.25) is 0 Å². The summed E-state index contributed by atoms with van der Waals surface area (Å²) in [4.78, 5) is 39.2. The van der Waals surface area contributed by atoms with Gasteiger partial charge in [0.15, 0.2) is 0 Å². The van der Waals surface area contributed by atoms with E-state index in [9.17, 15) is 14.4 Å². The number of hydroxylamine groups is 2. The van der Waals surface area contributed by atoms with Gasteiger partial charge in [-0.2, -0.15) is 0 Å². The largest absolute Gasteiger partial charge is 0.363 e. The van der Waals surface area contributed by atoms with E-state index in [-0.39, 0.29) is 12.8 Å². The molecule has 0 spiro atoms. The van der Waals surface area contributed by atoms with Crippen molar-refractivity contribution in [1.82, 2.24) is 5.06 Å². The molecule has 1 aliphatic rings. The SMILES string of the molecule is CCc1cccc(C(=O)ON2C(=O)CCC2=O)c1. The van der Waals surface area contributed by atoms with Crippen LogP contribution in [-0.4, -0.2) is 22.8 Å². The van der Waals surface area contributed by atoms with Crippen molar-refractivity contribution < 1.29 is 19.2 Å². The number of rotatable bonds is 3. The van der Waals surface area contributed by atoms with Gasteiger partial charge < -0.3 is 4.84 Å². The van der Waals surface area contributed by atoms with Gasteiger partial charge >= 0.3 is 5.97 Å². The zero-order valence-electron chi connectivity index (χ0n) is 10.0. The maximum atomic E-state index is 11.8. The van der Waals surface area contributed by atoms with Crippen molar-refractivity contribution in [2.45, 2.75) is 26.2 Å². The summed E-state index contributed by atoms with van der Waals surface area (Å²) in [7, 11) is 0. The van der Waals surface area contributed by atoms with Gasteiger partial charge in [-0.3, -0.25) is 9.59 Å². The fourth-order valence-corrected chi connectivity index (χ4v) is 1.71. The number of benzene rings is 1. The van der Waals surface area contributed by atoms with E-state index in [0.29, 0.717) is 10.6 Å². The molecule has 0 N–H and O–H groups in total. The predicted octanol–water partition coefficient (Wildman–Crippen LogP) is 1.47. The average Bonchev–Trinajstić information content (AvgIpc) is 2.70. The van der Waals surface area contributed by atoms with Crippen LogP contribution in [0.1, 0.15) is 35.7 Å². The number of imide groups is 1. The highest BCUT2D eigenvalue weighted by Crippen LogP contribution is 2.15. The lowest BCUT2D eigenvalue weighted by Gasteiger charge is -2.12. The molecule has 1 aromatic rings. The van der Waals surface area contributed by atoms with Crippen molar-refractivity contribution in [3.8, 4) is 0 Å². The summed E-state index contributed by atoms with van der Waals surface area (Å²) in [5, 5.41) is 0.557. The second-order valence-electron chi connectivity index (χ2n) is 4.01. The highest BCUT2D eigenvalue weighted by Gasteiger charge is 2.33. The Bertz CT molecular complexity index is 493. The molecule has 0 aromatic heterocycles. The highest BCUT2D eigenvalue weighted by molar-refractivity contribution is 6.02. The first kappa shape index (κ1) is 12.3. The van der Waals surface area contributed by atoms with E-state index in [0.717, 1.165) is 12.0 Å². The molecule has 1 saturated heterocycles. The van der Waals surface area contributed by atoms with E-state index in [1.165, 1.54) is 0 Å². The second-order valence-corrected chi connectivity index (χ2v) is 4.01. The monoisotopic (exact) mass is 247 g/mol. The van der Waals surface area contributed by atoms with E-state index < -0.39 is 17.8 Å². The van der Waals surface area contributed by atoms with Crippen molar-refractivity contribution >= 4 is 17.8 Å². The summed E-state index contributed by atoms with van der Waals surface area (Å²) in [6.45, 7) is 1.97. The minimum Gasteiger partial charge on any atom is -0.325 e. The molecule has 5 heteroatoms. The Morgan fingerprint density at radius 2 is 1.94 bits per heavy atom. The lowest BCUT2D eigenvalue weighted by molar-refractivity contribution is -0.172. The van der Waals surface area contributed by atoms with Gasteiger partial charge in [-0.25, -0.2) is 4.79 Å². The normalized spacial score (nSPS) is 15.1. The van der Waals surface area contributed by atoms with Gasteiger partial charge in [0.05, 0.1) is 5.56 Å². The van der Waals surface area contributed by atoms with Gasteiger partial charge in [0, 0.05) is 12.8 Å². The molecule has 5 nitrogen and oxygen atoms in total. The van der Waals surface area contributed by atoms with Crippen LogP contribution in [-0.2, 0) is 20.8 Å². The topological polar surface area (TPSA) is 63.7 Å². The Hall–Kier alpha value is -2.17. The fourth-order valence-electron chi connectivity index (χ4n) is 1.71. The Morgan fingerprint density at radius 1 is 1.28 bits per heavy atom. The van der Waals surface area contributed by atoms with E-state index in [4.69, 9.17) is 4.84 Å². The molecule has 0 saturated carbocycles. The third kappa shape index (κ3) is 2.40. The van der Waals surface area contributed by atoms with Gasteiger partial charge in [0.2, 0.25) is 0 Å². The van der Waals surface area contributed by atoms with Crippen LogP contribution in [0.15, 0.2) is 24.3 Å². The molecule has 0 atom stereocenters. The van der Waals surface area contributed by atoms with Crippen LogP contribution in [0.3, 0.4) is 0 Å². The van der Waals surface area contributed by atoms with Crippen molar-refractivity contribution in [3.63, 3.8) is 0 Å². The van der Waals surface area contributed by atoms with E-state index >= 15 is 0 Å². The van der Waals surface area contributed by atoms with Gasteiger partial charge in [-0.1, -0.05) is 19.1 Å².